The first-order valence-corrected chi connectivity index (χ1v) is 5.60. The lowest BCUT2D eigenvalue weighted by molar-refractivity contribution is 0.173. The van der Waals surface area contributed by atoms with Gasteiger partial charge in [0.05, 0.1) is 12.6 Å². The van der Waals surface area contributed by atoms with Gasteiger partial charge >= 0.3 is 0 Å². The minimum absolute atomic E-state index is 0.342. The Kier molecular flexibility index (Phi) is 3.41. The highest BCUT2D eigenvalue weighted by molar-refractivity contribution is 5.13. The van der Waals surface area contributed by atoms with Gasteiger partial charge in [-0.1, -0.05) is 6.92 Å². The molecule has 0 fully saturated rings. The summed E-state index contributed by atoms with van der Waals surface area (Å²) in [5, 5.41) is 13.8. The van der Waals surface area contributed by atoms with E-state index in [0.29, 0.717) is 0 Å². The van der Waals surface area contributed by atoms with Gasteiger partial charge in [0.2, 0.25) is 0 Å². The van der Waals surface area contributed by atoms with Gasteiger partial charge in [-0.3, -0.25) is 4.68 Å². The number of nitrogens with zero attached hydrogens (tertiary/aromatic N) is 3. The quantitative estimate of drug-likeness (QED) is 0.833. The second-order valence-electron chi connectivity index (χ2n) is 3.88. The number of rotatable bonds is 5. The zero-order valence-electron chi connectivity index (χ0n) is 9.45. The molecule has 1 unspecified atom stereocenters. The SMILES string of the molecule is CCC(O)c1ccn(CCn2cccn2)c1. The third-order valence-corrected chi connectivity index (χ3v) is 2.69. The average Bonchev–Trinajstić information content (AvgIpc) is 2.96. The first kappa shape index (κ1) is 11.0. The summed E-state index contributed by atoms with van der Waals surface area (Å²) in [7, 11) is 0. The van der Waals surface area contributed by atoms with Gasteiger partial charge in [-0.15, -0.1) is 0 Å². The van der Waals surface area contributed by atoms with E-state index in [4.69, 9.17) is 0 Å². The van der Waals surface area contributed by atoms with Gasteiger partial charge in [-0.05, 0) is 24.1 Å². The van der Waals surface area contributed by atoms with Crippen molar-refractivity contribution < 1.29 is 5.11 Å². The average molecular weight is 219 g/mol. The van der Waals surface area contributed by atoms with Gasteiger partial charge in [0.1, 0.15) is 0 Å². The molecule has 0 spiro atoms. The highest BCUT2D eigenvalue weighted by Gasteiger charge is 2.05. The van der Waals surface area contributed by atoms with E-state index in [-0.39, 0.29) is 6.10 Å². The van der Waals surface area contributed by atoms with Gasteiger partial charge < -0.3 is 9.67 Å². The molecular formula is C12H17N3O. The standard InChI is InChI=1S/C12H17N3O/c1-2-12(16)11-4-7-14(10-11)8-9-15-6-3-5-13-15/h3-7,10,12,16H,2,8-9H2,1H3. The molecule has 4 heteroatoms. The Bertz CT molecular complexity index is 419. The molecule has 0 aromatic carbocycles. The molecule has 0 saturated heterocycles. The molecule has 0 amide bonds. The predicted molar refractivity (Wildman–Crippen MR) is 61.9 cm³/mol. The molecule has 0 aliphatic heterocycles. The summed E-state index contributed by atoms with van der Waals surface area (Å²) < 4.78 is 3.98. The van der Waals surface area contributed by atoms with Crippen molar-refractivity contribution in [1.29, 1.82) is 0 Å². The summed E-state index contributed by atoms with van der Waals surface area (Å²) in [6.07, 6.45) is 8.14. The van der Waals surface area contributed by atoms with Crippen LogP contribution < -0.4 is 0 Å². The van der Waals surface area contributed by atoms with E-state index in [1.54, 1.807) is 6.20 Å². The highest BCUT2D eigenvalue weighted by Crippen LogP contribution is 2.16. The van der Waals surface area contributed by atoms with Gasteiger partial charge in [0.25, 0.3) is 0 Å². The minimum Gasteiger partial charge on any atom is -0.388 e. The molecule has 0 radical (unpaired) electrons. The number of hydrogen-bond donors (Lipinski definition) is 1. The van der Waals surface area contributed by atoms with Crippen molar-refractivity contribution >= 4 is 0 Å². The van der Waals surface area contributed by atoms with Crippen molar-refractivity contribution in [3.63, 3.8) is 0 Å². The van der Waals surface area contributed by atoms with Crippen LogP contribution in [0.3, 0.4) is 0 Å². The molecule has 2 rings (SSSR count). The molecule has 0 aliphatic carbocycles. The van der Waals surface area contributed by atoms with Crippen LogP contribution in [-0.4, -0.2) is 19.5 Å². The van der Waals surface area contributed by atoms with Crippen LogP contribution in [0.5, 0.6) is 0 Å². The lowest BCUT2D eigenvalue weighted by Crippen LogP contribution is -2.06. The van der Waals surface area contributed by atoms with Crippen LogP contribution in [0, 0.1) is 0 Å². The molecule has 0 saturated carbocycles. The van der Waals surface area contributed by atoms with E-state index >= 15 is 0 Å². The van der Waals surface area contributed by atoms with Gasteiger partial charge in [0, 0.05) is 31.3 Å². The number of aryl methyl sites for hydroxylation is 2. The molecule has 4 nitrogen and oxygen atoms in total. The summed E-state index contributed by atoms with van der Waals surface area (Å²) in [4.78, 5) is 0. The molecule has 0 bridgehead atoms. The molecular weight excluding hydrogens is 202 g/mol. The van der Waals surface area contributed by atoms with Crippen molar-refractivity contribution in [3.05, 3.63) is 42.5 Å². The maximum absolute atomic E-state index is 9.66. The van der Waals surface area contributed by atoms with Gasteiger partial charge in [-0.2, -0.15) is 5.10 Å². The van der Waals surface area contributed by atoms with E-state index in [2.05, 4.69) is 9.67 Å². The molecule has 16 heavy (non-hydrogen) atoms. The van der Waals surface area contributed by atoms with E-state index < -0.39 is 0 Å². The highest BCUT2D eigenvalue weighted by atomic mass is 16.3. The van der Waals surface area contributed by atoms with Crippen LogP contribution in [0.2, 0.25) is 0 Å². The van der Waals surface area contributed by atoms with Crippen molar-refractivity contribution in [2.75, 3.05) is 0 Å². The molecule has 1 N–H and O–H groups in total. The summed E-state index contributed by atoms with van der Waals surface area (Å²) in [6, 6.07) is 3.89. The lowest BCUT2D eigenvalue weighted by atomic mass is 10.1. The van der Waals surface area contributed by atoms with E-state index in [1.165, 1.54) is 0 Å². The lowest BCUT2D eigenvalue weighted by Gasteiger charge is -2.05. The maximum atomic E-state index is 9.66. The molecule has 0 aliphatic rings. The van der Waals surface area contributed by atoms with Crippen LogP contribution in [-0.2, 0) is 13.1 Å². The fourth-order valence-corrected chi connectivity index (χ4v) is 1.68. The number of aromatic nitrogens is 3. The van der Waals surface area contributed by atoms with Crippen molar-refractivity contribution in [1.82, 2.24) is 14.3 Å². The molecule has 1 atom stereocenters. The van der Waals surface area contributed by atoms with Gasteiger partial charge in [0.15, 0.2) is 0 Å². The zero-order valence-corrected chi connectivity index (χ0v) is 9.45. The fraction of sp³-hybridized carbons (Fsp3) is 0.417. The Morgan fingerprint density at radius 2 is 2.25 bits per heavy atom. The Labute approximate surface area is 95.1 Å². The van der Waals surface area contributed by atoms with Crippen molar-refractivity contribution in [2.24, 2.45) is 0 Å². The van der Waals surface area contributed by atoms with Crippen LogP contribution in [0.25, 0.3) is 0 Å². The van der Waals surface area contributed by atoms with E-state index in [1.807, 2.05) is 42.3 Å². The van der Waals surface area contributed by atoms with Crippen LogP contribution in [0.15, 0.2) is 36.9 Å². The summed E-state index contributed by atoms with van der Waals surface area (Å²) in [5.74, 6) is 0. The Morgan fingerprint density at radius 1 is 1.38 bits per heavy atom. The molecule has 2 aromatic rings. The van der Waals surface area contributed by atoms with Crippen LogP contribution in [0.4, 0.5) is 0 Å². The largest absolute Gasteiger partial charge is 0.388 e. The zero-order chi connectivity index (χ0) is 11.4. The van der Waals surface area contributed by atoms with Crippen LogP contribution >= 0.6 is 0 Å². The minimum atomic E-state index is -0.342. The molecule has 2 aromatic heterocycles. The van der Waals surface area contributed by atoms with Crippen molar-refractivity contribution in [3.8, 4) is 0 Å². The summed E-state index contributed by atoms with van der Waals surface area (Å²) in [6.45, 7) is 3.70. The first-order chi connectivity index (χ1) is 7.79. The second-order valence-corrected chi connectivity index (χ2v) is 3.88. The molecule has 2 heterocycles. The Balaban J connectivity index is 1.93. The van der Waals surface area contributed by atoms with Gasteiger partial charge in [-0.25, -0.2) is 0 Å². The normalized spacial score (nSPS) is 12.9. The molecule has 86 valence electrons. The Morgan fingerprint density at radius 3 is 2.94 bits per heavy atom. The number of aliphatic hydroxyl groups is 1. The first-order valence-electron chi connectivity index (χ1n) is 5.60. The topological polar surface area (TPSA) is 43.0 Å². The van der Waals surface area contributed by atoms with Crippen molar-refractivity contribution in [2.45, 2.75) is 32.5 Å². The predicted octanol–water partition coefficient (Wildman–Crippen LogP) is 1.83. The van der Waals surface area contributed by atoms with E-state index in [0.717, 1.165) is 25.1 Å². The fourth-order valence-electron chi connectivity index (χ4n) is 1.68. The number of aliphatic hydroxyl groups excluding tert-OH is 1. The third kappa shape index (κ3) is 2.52. The third-order valence-electron chi connectivity index (χ3n) is 2.69. The summed E-state index contributed by atoms with van der Waals surface area (Å²) >= 11 is 0. The van der Waals surface area contributed by atoms with Crippen LogP contribution in [0.1, 0.15) is 25.0 Å². The monoisotopic (exact) mass is 219 g/mol. The van der Waals surface area contributed by atoms with E-state index in [9.17, 15) is 5.11 Å². The smallest absolute Gasteiger partial charge is 0.0802 e. The Hall–Kier alpha value is -1.55. The number of hydrogen-bond acceptors (Lipinski definition) is 2. The second kappa shape index (κ2) is 4.99. The summed E-state index contributed by atoms with van der Waals surface area (Å²) in [5.41, 5.74) is 0.989. The maximum Gasteiger partial charge on any atom is 0.0802 e.